The topological polar surface area (TPSA) is 20.3 Å². The van der Waals surface area contributed by atoms with Gasteiger partial charge < -0.3 is 0 Å². The fourth-order valence-corrected chi connectivity index (χ4v) is 2.26. The lowest BCUT2D eigenvalue weighted by atomic mass is 9.97. The summed E-state index contributed by atoms with van der Waals surface area (Å²) in [7, 11) is 0. The van der Waals surface area contributed by atoms with Gasteiger partial charge in [-0.3, -0.25) is 9.69 Å². The maximum Gasteiger partial charge on any atom is 0.146 e. The molecular formula is C13H27NO. The molecule has 0 saturated heterocycles. The van der Waals surface area contributed by atoms with Crippen molar-refractivity contribution in [2.45, 2.75) is 73.0 Å². The molecule has 0 aromatic carbocycles. The zero-order chi connectivity index (χ0) is 12.2. The molecule has 0 heterocycles. The second-order valence-electron chi connectivity index (χ2n) is 5.39. The smallest absolute Gasteiger partial charge is 0.146 e. The molecule has 0 rings (SSSR count). The highest BCUT2D eigenvalue weighted by Crippen LogP contribution is 2.18. The lowest BCUT2D eigenvalue weighted by Gasteiger charge is -2.37. The van der Waals surface area contributed by atoms with Gasteiger partial charge in [-0.15, -0.1) is 0 Å². The summed E-state index contributed by atoms with van der Waals surface area (Å²) in [5.41, 5.74) is 0. The second-order valence-corrected chi connectivity index (χ2v) is 5.39. The summed E-state index contributed by atoms with van der Waals surface area (Å²) in [4.78, 5) is 14.0. The molecule has 2 heteroatoms. The van der Waals surface area contributed by atoms with Crippen LogP contribution >= 0.6 is 0 Å². The van der Waals surface area contributed by atoms with Crippen LogP contribution in [0.15, 0.2) is 0 Å². The van der Waals surface area contributed by atoms with Crippen LogP contribution in [0.1, 0.15) is 54.9 Å². The molecule has 1 unspecified atom stereocenters. The molecule has 0 aromatic rings. The lowest BCUT2D eigenvalue weighted by Crippen LogP contribution is -2.48. The van der Waals surface area contributed by atoms with Crippen LogP contribution in [0.2, 0.25) is 0 Å². The van der Waals surface area contributed by atoms with Crippen LogP contribution < -0.4 is 0 Å². The maximum absolute atomic E-state index is 11.7. The number of carbonyl (C=O) groups is 1. The van der Waals surface area contributed by atoms with Crippen molar-refractivity contribution in [3.8, 4) is 0 Å². The van der Waals surface area contributed by atoms with Crippen LogP contribution in [-0.2, 0) is 4.79 Å². The molecule has 90 valence electrons. The first-order chi connectivity index (χ1) is 6.77. The molecule has 0 aliphatic heterocycles. The average molecular weight is 213 g/mol. The molecule has 0 aliphatic rings. The van der Waals surface area contributed by atoms with Gasteiger partial charge in [-0.05, 0) is 47.0 Å². The Bertz CT molecular complexity index is 189. The van der Waals surface area contributed by atoms with E-state index in [4.69, 9.17) is 0 Å². The molecule has 0 saturated carbocycles. The Kier molecular flexibility index (Phi) is 6.11. The van der Waals surface area contributed by atoms with Crippen molar-refractivity contribution in [1.29, 1.82) is 0 Å². The number of nitrogens with zero attached hydrogens (tertiary/aromatic N) is 1. The Hall–Kier alpha value is -0.370. The number of Topliss-reactive ketones (excluding diaryl/α,β-unsaturated/α-hetero) is 1. The molecule has 0 radical (unpaired) electrons. The van der Waals surface area contributed by atoms with E-state index in [-0.39, 0.29) is 6.04 Å². The van der Waals surface area contributed by atoms with Crippen molar-refractivity contribution in [3.05, 3.63) is 0 Å². The minimum atomic E-state index is 0.0880. The van der Waals surface area contributed by atoms with Gasteiger partial charge in [0, 0.05) is 12.1 Å². The summed E-state index contributed by atoms with van der Waals surface area (Å²) in [6, 6.07) is 0.945. The molecule has 0 amide bonds. The van der Waals surface area contributed by atoms with Crippen LogP contribution in [-0.4, -0.2) is 28.8 Å². The lowest BCUT2D eigenvalue weighted by molar-refractivity contribution is -0.124. The molecule has 0 aliphatic carbocycles. The van der Waals surface area contributed by atoms with E-state index >= 15 is 0 Å². The van der Waals surface area contributed by atoms with Gasteiger partial charge in [0.05, 0.1) is 6.04 Å². The predicted molar refractivity (Wildman–Crippen MR) is 66.0 cm³/mol. The van der Waals surface area contributed by atoms with Gasteiger partial charge in [0.25, 0.3) is 0 Å². The maximum atomic E-state index is 11.7. The second kappa shape index (κ2) is 6.26. The van der Waals surface area contributed by atoms with Crippen molar-refractivity contribution in [2.75, 3.05) is 0 Å². The molecule has 2 nitrogen and oxygen atoms in total. The number of ketones is 1. The monoisotopic (exact) mass is 213 g/mol. The summed E-state index contributed by atoms with van der Waals surface area (Å²) in [5.74, 6) is 0.866. The number of rotatable bonds is 6. The van der Waals surface area contributed by atoms with E-state index in [1.807, 2.05) is 0 Å². The van der Waals surface area contributed by atoms with Gasteiger partial charge in [0.2, 0.25) is 0 Å². The first kappa shape index (κ1) is 14.6. The van der Waals surface area contributed by atoms with Gasteiger partial charge in [-0.2, -0.15) is 0 Å². The van der Waals surface area contributed by atoms with Gasteiger partial charge in [0.15, 0.2) is 0 Å². The highest BCUT2D eigenvalue weighted by atomic mass is 16.1. The van der Waals surface area contributed by atoms with E-state index < -0.39 is 0 Å². The summed E-state index contributed by atoms with van der Waals surface area (Å²) < 4.78 is 0. The normalized spacial score (nSPS) is 14.3. The molecule has 0 bridgehead atoms. The molecular weight excluding hydrogens is 186 g/mol. The van der Waals surface area contributed by atoms with Crippen LogP contribution in [0.4, 0.5) is 0 Å². The van der Waals surface area contributed by atoms with E-state index in [1.165, 1.54) is 0 Å². The molecule has 1 atom stereocenters. The standard InChI is InChI=1S/C13H27NO/c1-9(2)8-13(12(7)15)14(10(3)4)11(5)6/h9-11,13H,8H2,1-7H3. The van der Waals surface area contributed by atoms with Crippen molar-refractivity contribution in [1.82, 2.24) is 4.90 Å². The van der Waals surface area contributed by atoms with E-state index in [2.05, 4.69) is 46.4 Å². The Morgan fingerprint density at radius 1 is 1.00 bits per heavy atom. The quantitative estimate of drug-likeness (QED) is 0.675. The van der Waals surface area contributed by atoms with Crippen molar-refractivity contribution in [2.24, 2.45) is 5.92 Å². The zero-order valence-electron chi connectivity index (χ0n) is 11.4. The van der Waals surface area contributed by atoms with Crippen LogP contribution in [0.3, 0.4) is 0 Å². The SMILES string of the molecule is CC(=O)C(CC(C)C)N(C(C)C)C(C)C. The molecule has 0 fully saturated rings. The van der Waals surface area contributed by atoms with E-state index in [1.54, 1.807) is 6.92 Å². The highest BCUT2D eigenvalue weighted by molar-refractivity contribution is 5.81. The largest absolute Gasteiger partial charge is 0.298 e. The third kappa shape index (κ3) is 4.78. The molecule has 0 aromatic heterocycles. The minimum absolute atomic E-state index is 0.0880. The zero-order valence-corrected chi connectivity index (χ0v) is 11.4. The Labute approximate surface area is 95.0 Å². The average Bonchev–Trinajstić information content (AvgIpc) is 2.00. The fourth-order valence-electron chi connectivity index (χ4n) is 2.26. The third-order valence-corrected chi connectivity index (χ3v) is 2.72. The number of hydrogen-bond acceptors (Lipinski definition) is 2. The van der Waals surface area contributed by atoms with E-state index in [0.717, 1.165) is 6.42 Å². The fraction of sp³-hybridized carbons (Fsp3) is 0.923. The van der Waals surface area contributed by atoms with Gasteiger partial charge in [-0.25, -0.2) is 0 Å². The minimum Gasteiger partial charge on any atom is -0.298 e. The Balaban J connectivity index is 4.76. The van der Waals surface area contributed by atoms with Crippen molar-refractivity contribution < 1.29 is 4.79 Å². The first-order valence-electron chi connectivity index (χ1n) is 6.05. The number of hydrogen-bond donors (Lipinski definition) is 0. The van der Waals surface area contributed by atoms with Crippen LogP contribution in [0.25, 0.3) is 0 Å². The Morgan fingerprint density at radius 3 is 1.60 bits per heavy atom. The van der Waals surface area contributed by atoms with Crippen LogP contribution in [0.5, 0.6) is 0 Å². The summed E-state index contributed by atoms with van der Waals surface area (Å²) in [6.07, 6.45) is 0.964. The van der Waals surface area contributed by atoms with Crippen LogP contribution in [0, 0.1) is 5.92 Å². The molecule has 0 spiro atoms. The third-order valence-electron chi connectivity index (χ3n) is 2.72. The van der Waals surface area contributed by atoms with Gasteiger partial charge >= 0.3 is 0 Å². The summed E-state index contributed by atoms with van der Waals surface area (Å²) >= 11 is 0. The van der Waals surface area contributed by atoms with Crippen molar-refractivity contribution in [3.63, 3.8) is 0 Å². The number of carbonyl (C=O) groups excluding carboxylic acids is 1. The molecule has 15 heavy (non-hydrogen) atoms. The first-order valence-corrected chi connectivity index (χ1v) is 6.05. The van der Waals surface area contributed by atoms with Crippen molar-refractivity contribution >= 4 is 5.78 Å². The van der Waals surface area contributed by atoms with E-state index in [9.17, 15) is 4.79 Å². The summed E-state index contributed by atoms with van der Waals surface area (Å²) in [5, 5.41) is 0. The highest BCUT2D eigenvalue weighted by Gasteiger charge is 2.27. The van der Waals surface area contributed by atoms with Gasteiger partial charge in [-0.1, -0.05) is 13.8 Å². The molecule has 0 N–H and O–H groups in total. The predicted octanol–water partition coefficient (Wildman–Crippen LogP) is 3.11. The Morgan fingerprint density at radius 2 is 1.40 bits per heavy atom. The van der Waals surface area contributed by atoms with Gasteiger partial charge in [0.1, 0.15) is 5.78 Å². The van der Waals surface area contributed by atoms with E-state index in [0.29, 0.717) is 23.8 Å². The summed E-state index contributed by atoms with van der Waals surface area (Å²) in [6.45, 7) is 14.7.